The zero-order chi connectivity index (χ0) is 16.9. The Bertz CT molecular complexity index is 516. The van der Waals surface area contributed by atoms with Crippen LogP contribution < -0.4 is 10.6 Å². The van der Waals surface area contributed by atoms with Gasteiger partial charge in [-0.2, -0.15) is 13.2 Å². The molecule has 2 amide bonds. The van der Waals surface area contributed by atoms with Crippen LogP contribution in [0.2, 0.25) is 0 Å². The Morgan fingerprint density at radius 3 is 2.52 bits per heavy atom. The molecule has 0 spiro atoms. The number of hydrogen-bond acceptors (Lipinski definition) is 3. The third-order valence-corrected chi connectivity index (χ3v) is 3.33. The number of anilines is 1. The van der Waals surface area contributed by atoms with Crippen molar-refractivity contribution in [2.75, 3.05) is 25.1 Å². The first-order valence-electron chi connectivity index (χ1n) is 7.32. The lowest BCUT2D eigenvalue weighted by molar-refractivity contribution is -0.137. The number of hydrogen-bond donors (Lipinski definition) is 3. The first-order chi connectivity index (χ1) is 10.8. The molecular weight excluding hydrogens is 313 g/mol. The van der Waals surface area contributed by atoms with E-state index in [1.807, 2.05) is 0 Å². The largest absolute Gasteiger partial charge is 0.416 e. The fraction of sp³-hybridized carbons (Fsp3) is 0.533. The van der Waals surface area contributed by atoms with E-state index < -0.39 is 23.9 Å². The van der Waals surface area contributed by atoms with E-state index in [0.717, 1.165) is 37.1 Å². The highest BCUT2D eigenvalue weighted by molar-refractivity contribution is 5.89. The van der Waals surface area contributed by atoms with Crippen molar-refractivity contribution in [1.29, 1.82) is 0 Å². The molecule has 0 heterocycles. The Kier molecular flexibility index (Phi) is 5.84. The van der Waals surface area contributed by atoms with Gasteiger partial charge in [0.15, 0.2) is 0 Å². The number of ether oxygens (including phenoxy) is 1. The van der Waals surface area contributed by atoms with Crippen molar-refractivity contribution < 1.29 is 27.8 Å². The molecule has 0 aromatic heterocycles. The minimum Gasteiger partial charge on any atom is -0.389 e. The zero-order valence-corrected chi connectivity index (χ0v) is 12.4. The van der Waals surface area contributed by atoms with Crippen molar-refractivity contribution in [3.63, 3.8) is 0 Å². The summed E-state index contributed by atoms with van der Waals surface area (Å²) >= 11 is 0. The Morgan fingerprint density at radius 2 is 1.96 bits per heavy atom. The second-order valence-electron chi connectivity index (χ2n) is 5.54. The highest BCUT2D eigenvalue weighted by Gasteiger charge is 2.30. The maximum Gasteiger partial charge on any atom is 0.416 e. The summed E-state index contributed by atoms with van der Waals surface area (Å²) in [6, 6.07) is 3.49. The molecular formula is C15H19F3N2O3. The average molecular weight is 332 g/mol. The van der Waals surface area contributed by atoms with E-state index in [4.69, 9.17) is 4.74 Å². The number of alkyl halides is 3. The van der Waals surface area contributed by atoms with Crippen LogP contribution in [0.3, 0.4) is 0 Å². The van der Waals surface area contributed by atoms with Gasteiger partial charge in [0.2, 0.25) is 0 Å². The molecule has 5 nitrogen and oxygen atoms in total. The van der Waals surface area contributed by atoms with Gasteiger partial charge in [-0.15, -0.1) is 0 Å². The number of rotatable bonds is 7. The zero-order valence-electron chi connectivity index (χ0n) is 12.4. The molecule has 128 valence electrons. The van der Waals surface area contributed by atoms with Crippen LogP contribution in [0.1, 0.15) is 18.4 Å². The van der Waals surface area contributed by atoms with E-state index in [1.54, 1.807) is 0 Å². The van der Waals surface area contributed by atoms with Gasteiger partial charge < -0.3 is 20.5 Å². The summed E-state index contributed by atoms with van der Waals surface area (Å²) in [5.41, 5.74) is -0.554. The molecule has 1 fully saturated rings. The number of benzene rings is 1. The predicted molar refractivity (Wildman–Crippen MR) is 78.0 cm³/mol. The standard InChI is InChI=1S/C15H19F3N2O3/c16-15(17,18)11-3-5-12(6-4-11)20-14(22)19-7-13(21)9-23-8-10-1-2-10/h3-6,10,13,21H,1-2,7-9H2,(H2,19,20,22). The molecule has 0 bridgehead atoms. The van der Waals surface area contributed by atoms with E-state index in [9.17, 15) is 23.1 Å². The Balaban J connectivity index is 1.67. The SMILES string of the molecule is O=C(NCC(O)COCC1CC1)Nc1ccc(C(F)(F)F)cc1. The van der Waals surface area contributed by atoms with Gasteiger partial charge in [0.05, 0.1) is 18.3 Å². The molecule has 1 unspecified atom stereocenters. The van der Waals surface area contributed by atoms with Gasteiger partial charge in [0.1, 0.15) is 0 Å². The molecule has 23 heavy (non-hydrogen) atoms. The number of carbonyl (C=O) groups excluding carboxylic acids is 1. The molecule has 1 atom stereocenters. The van der Waals surface area contributed by atoms with Crippen LogP contribution in [0.25, 0.3) is 0 Å². The molecule has 1 aromatic rings. The lowest BCUT2D eigenvalue weighted by atomic mass is 10.2. The lowest BCUT2D eigenvalue weighted by Gasteiger charge is -2.13. The van der Waals surface area contributed by atoms with Gasteiger partial charge in [-0.05, 0) is 43.0 Å². The molecule has 3 N–H and O–H groups in total. The smallest absolute Gasteiger partial charge is 0.389 e. The Morgan fingerprint density at radius 1 is 1.30 bits per heavy atom. The Hall–Kier alpha value is -1.80. The van der Waals surface area contributed by atoms with Gasteiger partial charge in [-0.3, -0.25) is 0 Å². The topological polar surface area (TPSA) is 70.6 Å². The molecule has 0 saturated heterocycles. The van der Waals surface area contributed by atoms with Crippen LogP contribution in [0.4, 0.5) is 23.7 Å². The van der Waals surface area contributed by atoms with Crippen LogP contribution >= 0.6 is 0 Å². The second kappa shape index (κ2) is 7.65. The van der Waals surface area contributed by atoms with Crippen LogP contribution in [0, 0.1) is 5.92 Å². The average Bonchev–Trinajstić information content (AvgIpc) is 3.29. The maximum atomic E-state index is 12.4. The van der Waals surface area contributed by atoms with E-state index >= 15 is 0 Å². The molecule has 0 radical (unpaired) electrons. The van der Waals surface area contributed by atoms with Gasteiger partial charge in [-0.25, -0.2) is 4.79 Å². The maximum absolute atomic E-state index is 12.4. The van der Waals surface area contributed by atoms with Gasteiger partial charge in [-0.1, -0.05) is 0 Å². The summed E-state index contributed by atoms with van der Waals surface area (Å²) < 4.78 is 42.5. The first-order valence-corrected chi connectivity index (χ1v) is 7.32. The number of urea groups is 1. The van der Waals surface area contributed by atoms with Gasteiger partial charge in [0, 0.05) is 18.8 Å². The molecule has 8 heteroatoms. The normalized spacial score (nSPS) is 16.0. The second-order valence-corrected chi connectivity index (χ2v) is 5.54. The van der Waals surface area contributed by atoms with Crippen LogP contribution in [-0.2, 0) is 10.9 Å². The summed E-state index contributed by atoms with van der Waals surface area (Å²) in [5, 5.41) is 14.4. The van der Waals surface area contributed by atoms with Crippen molar-refractivity contribution in [2.45, 2.75) is 25.1 Å². The fourth-order valence-electron chi connectivity index (χ4n) is 1.84. The van der Waals surface area contributed by atoms with Crippen molar-refractivity contribution in [1.82, 2.24) is 5.32 Å². The third-order valence-electron chi connectivity index (χ3n) is 3.33. The molecule has 1 aromatic carbocycles. The van der Waals surface area contributed by atoms with Crippen LogP contribution in [0.5, 0.6) is 0 Å². The summed E-state index contributed by atoms with van der Waals surface area (Å²) in [7, 11) is 0. The number of halogens is 3. The Labute approximate surface area is 131 Å². The molecule has 2 rings (SSSR count). The highest BCUT2D eigenvalue weighted by Crippen LogP contribution is 2.30. The number of aliphatic hydroxyl groups excluding tert-OH is 1. The van der Waals surface area contributed by atoms with Gasteiger partial charge in [0.25, 0.3) is 0 Å². The summed E-state index contributed by atoms with van der Waals surface area (Å²) in [6.07, 6.45) is -2.92. The van der Waals surface area contributed by atoms with E-state index in [0.29, 0.717) is 12.5 Å². The van der Waals surface area contributed by atoms with Crippen LogP contribution in [-0.4, -0.2) is 37.0 Å². The summed E-state index contributed by atoms with van der Waals surface area (Å²) in [6.45, 7) is 0.753. The number of amides is 2. The highest BCUT2D eigenvalue weighted by atomic mass is 19.4. The number of nitrogens with one attached hydrogen (secondary N) is 2. The van der Waals surface area contributed by atoms with Crippen molar-refractivity contribution in [3.05, 3.63) is 29.8 Å². The van der Waals surface area contributed by atoms with E-state index in [-0.39, 0.29) is 18.8 Å². The quantitative estimate of drug-likeness (QED) is 0.719. The fourth-order valence-corrected chi connectivity index (χ4v) is 1.84. The third kappa shape index (κ3) is 6.45. The van der Waals surface area contributed by atoms with Crippen molar-refractivity contribution in [2.24, 2.45) is 5.92 Å². The summed E-state index contributed by atoms with van der Waals surface area (Å²) in [5.74, 6) is 0.595. The van der Waals surface area contributed by atoms with Crippen LogP contribution in [0.15, 0.2) is 24.3 Å². The van der Waals surface area contributed by atoms with Crippen molar-refractivity contribution >= 4 is 11.7 Å². The minimum atomic E-state index is -4.41. The molecule has 1 saturated carbocycles. The monoisotopic (exact) mass is 332 g/mol. The molecule has 0 aliphatic heterocycles. The van der Waals surface area contributed by atoms with E-state index in [1.165, 1.54) is 0 Å². The minimum absolute atomic E-state index is 0.00284. The van der Waals surface area contributed by atoms with Gasteiger partial charge >= 0.3 is 12.2 Å². The number of carbonyl (C=O) groups is 1. The number of aliphatic hydroxyl groups is 1. The molecule has 1 aliphatic rings. The van der Waals surface area contributed by atoms with E-state index in [2.05, 4.69) is 10.6 Å². The first kappa shape index (κ1) is 17.6. The molecule has 1 aliphatic carbocycles. The predicted octanol–water partition coefficient (Wildman–Crippen LogP) is 2.61. The summed E-state index contributed by atoms with van der Waals surface area (Å²) in [4.78, 5) is 11.6. The van der Waals surface area contributed by atoms with Crippen molar-refractivity contribution in [3.8, 4) is 0 Å². The lowest BCUT2D eigenvalue weighted by Crippen LogP contribution is -2.37.